The van der Waals surface area contributed by atoms with Gasteiger partial charge in [0.15, 0.2) is 10.8 Å². The summed E-state index contributed by atoms with van der Waals surface area (Å²) < 4.78 is 6.36. The molecule has 0 unspecified atom stereocenters. The summed E-state index contributed by atoms with van der Waals surface area (Å²) in [5.41, 5.74) is 0.0501. The van der Waals surface area contributed by atoms with Crippen LogP contribution in [-0.2, 0) is 16.1 Å². The van der Waals surface area contributed by atoms with Crippen LogP contribution in [0.2, 0.25) is 0 Å². The lowest BCUT2D eigenvalue weighted by atomic mass is 10.4. The number of rotatable bonds is 6. The summed E-state index contributed by atoms with van der Waals surface area (Å²) >= 11 is 1.11. The van der Waals surface area contributed by atoms with Gasteiger partial charge < -0.3 is 14.8 Å². The van der Waals surface area contributed by atoms with Gasteiger partial charge in [0.05, 0.1) is 26.0 Å². The first-order chi connectivity index (χ1) is 10.1. The van der Waals surface area contributed by atoms with Crippen molar-refractivity contribution < 1.29 is 14.6 Å². The van der Waals surface area contributed by atoms with Gasteiger partial charge in [0.2, 0.25) is 0 Å². The molecule has 21 heavy (non-hydrogen) atoms. The first-order valence-corrected chi connectivity index (χ1v) is 7.34. The first-order valence-electron chi connectivity index (χ1n) is 6.46. The molecule has 2 rings (SSSR count). The molecule has 8 nitrogen and oxygen atoms in total. The third-order valence-electron chi connectivity index (χ3n) is 2.70. The third kappa shape index (κ3) is 3.42. The van der Waals surface area contributed by atoms with Crippen molar-refractivity contribution in [2.75, 3.05) is 13.2 Å². The molecule has 2 N–H and O–H groups in total. The number of H-pyrrole nitrogens is 1. The number of nitrogens with one attached hydrogen (secondary N) is 1. The molecule has 0 aliphatic rings. The van der Waals surface area contributed by atoms with E-state index in [-0.39, 0.29) is 24.7 Å². The van der Waals surface area contributed by atoms with Crippen LogP contribution < -0.4 is 5.56 Å². The van der Waals surface area contributed by atoms with Gasteiger partial charge in [-0.25, -0.2) is 9.67 Å². The summed E-state index contributed by atoms with van der Waals surface area (Å²) in [6.07, 6.45) is 1.40. The minimum atomic E-state index is -0.486. The summed E-state index contributed by atoms with van der Waals surface area (Å²) in [5, 5.41) is 13.1. The molecular weight excluding hydrogens is 296 g/mol. The molecule has 0 spiro atoms. The Bertz CT molecular complexity index is 696. The van der Waals surface area contributed by atoms with E-state index in [1.807, 2.05) is 0 Å². The fourth-order valence-corrected chi connectivity index (χ4v) is 2.52. The van der Waals surface area contributed by atoms with Crippen molar-refractivity contribution >= 4 is 28.8 Å². The average Bonchev–Trinajstić information content (AvgIpc) is 2.83. The Morgan fingerprint density at radius 2 is 2.38 bits per heavy atom. The van der Waals surface area contributed by atoms with Crippen LogP contribution in [0.1, 0.15) is 13.8 Å². The van der Waals surface area contributed by atoms with Crippen LogP contribution in [0.3, 0.4) is 0 Å². The molecule has 0 radical (unpaired) electrons. The van der Waals surface area contributed by atoms with Gasteiger partial charge >= 0.3 is 5.97 Å². The minimum Gasteiger partial charge on any atom is -0.465 e. The van der Waals surface area contributed by atoms with E-state index >= 15 is 0 Å². The topological polar surface area (TPSA) is 110 Å². The summed E-state index contributed by atoms with van der Waals surface area (Å²) in [6, 6.07) is 0. The van der Waals surface area contributed by atoms with Crippen molar-refractivity contribution in [3.8, 4) is 0 Å². The molecule has 114 valence electrons. The second kappa shape index (κ2) is 6.72. The van der Waals surface area contributed by atoms with E-state index < -0.39 is 5.25 Å². The maximum atomic E-state index is 12.0. The Morgan fingerprint density at radius 3 is 3.05 bits per heavy atom. The van der Waals surface area contributed by atoms with Crippen molar-refractivity contribution in [2.45, 2.75) is 30.8 Å². The second-order valence-electron chi connectivity index (χ2n) is 4.21. The van der Waals surface area contributed by atoms with Crippen molar-refractivity contribution in [2.24, 2.45) is 0 Å². The van der Waals surface area contributed by atoms with Crippen LogP contribution in [0.25, 0.3) is 11.0 Å². The number of thioether (sulfide) groups is 1. The van der Waals surface area contributed by atoms with Gasteiger partial charge in [-0.2, -0.15) is 5.10 Å². The molecule has 0 saturated carbocycles. The maximum absolute atomic E-state index is 12.0. The monoisotopic (exact) mass is 312 g/mol. The number of carbonyl (C=O) groups excluding carboxylic acids is 1. The molecule has 0 bridgehead atoms. The van der Waals surface area contributed by atoms with Crippen LogP contribution in [0.15, 0.2) is 16.1 Å². The fraction of sp³-hybridized carbons (Fsp3) is 0.500. The highest BCUT2D eigenvalue weighted by atomic mass is 32.2. The number of aromatic amines is 1. The lowest BCUT2D eigenvalue weighted by Gasteiger charge is -2.09. The zero-order valence-electron chi connectivity index (χ0n) is 11.7. The molecule has 9 heteroatoms. The largest absolute Gasteiger partial charge is 0.465 e. The Balaban J connectivity index is 2.30. The number of esters is 1. The quantitative estimate of drug-likeness (QED) is 0.444. The molecule has 0 aliphatic heterocycles. The van der Waals surface area contributed by atoms with Crippen molar-refractivity contribution in [3.63, 3.8) is 0 Å². The number of carbonyl (C=O) groups is 1. The zero-order chi connectivity index (χ0) is 15.4. The normalized spacial score (nSPS) is 12.5. The number of aliphatic hydroxyl groups excluding tert-OH is 1. The van der Waals surface area contributed by atoms with Gasteiger partial charge in [0.1, 0.15) is 10.6 Å². The molecule has 0 amide bonds. The molecule has 0 saturated heterocycles. The Morgan fingerprint density at radius 1 is 1.62 bits per heavy atom. The Hall–Kier alpha value is -1.87. The SMILES string of the molecule is CCOC(=O)[C@@H](C)Sc1nc2c(cnn2CCO)c(=O)[nH]1. The van der Waals surface area contributed by atoms with E-state index in [0.717, 1.165) is 11.8 Å². The highest BCUT2D eigenvalue weighted by Crippen LogP contribution is 2.20. The number of ether oxygens (including phenoxy) is 1. The van der Waals surface area contributed by atoms with E-state index in [9.17, 15) is 9.59 Å². The zero-order valence-corrected chi connectivity index (χ0v) is 12.5. The van der Waals surface area contributed by atoms with E-state index in [2.05, 4.69) is 15.1 Å². The number of aliphatic hydroxyl groups is 1. The van der Waals surface area contributed by atoms with Crippen LogP contribution in [0, 0.1) is 0 Å². The van der Waals surface area contributed by atoms with Gasteiger partial charge in [-0.05, 0) is 13.8 Å². The van der Waals surface area contributed by atoms with E-state index in [0.29, 0.717) is 22.8 Å². The van der Waals surface area contributed by atoms with Gasteiger partial charge in [0, 0.05) is 0 Å². The Labute approximate surface area is 124 Å². The highest BCUT2D eigenvalue weighted by Gasteiger charge is 2.18. The lowest BCUT2D eigenvalue weighted by molar-refractivity contribution is -0.142. The number of fused-ring (bicyclic) bond motifs is 1. The number of hydrogen-bond donors (Lipinski definition) is 2. The van der Waals surface area contributed by atoms with Gasteiger partial charge in [-0.1, -0.05) is 11.8 Å². The third-order valence-corrected chi connectivity index (χ3v) is 3.67. The van der Waals surface area contributed by atoms with Crippen LogP contribution >= 0.6 is 11.8 Å². The molecule has 0 aromatic carbocycles. The van der Waals surface area contributed by atoms with Crippen LogP contribution in [0.4, 0.5) is 0 Å². The number of aromatic nitrogens is 4. The van der Waals surface area contributed by atoms with Crippen molar-refractivity contribution in [1.29, 1.82) is 0 Å². The van der Waals surface area contributed by atoms with Gasteiger partial charge in [-0.3, -0.25) is 9.59 Å². The fourth-order valence-electron chi connectivity index (χ4n) is 1.73. The first kappa shape index (κ1) is 15.5. The standard InChI is InChI=1S/C12H16N4O4S/c1-3-20-11(19)7(2)21-12-14-9-8(10(18)15-12)6-13-16(9)4-5-17/h6-7,17H,3-5H2,1-2H3,(H,14,15,18)/t7-/m1/s1. The summed E-state index contributed by atoms with van der Waals surface area (Å²) in [6.45, 7) is 3.85. The smallest absolute Gasteiger partial charge is 0.319 e. The van der Waals surface area contributed by atoms with Gasteiger partial charge in [0.25, 0.3) is 5.56 Å². The minimum absolute atomic E-state index is 0.104. The molecule has 2 heterocycles. The predicted octanol–water partition coefficient (Wildman–Crippen LogP) is 0.156. The molecule has 2 aromatic heterocycles. The van der Waals surface area contributed by atoms with Gasteiger partial charge in [-0.15, -0.1) is 0 Å². The highest BCUT2D eigenvalue weighted by molar-refractivity contribution is 8.00. The van der Waals surface area contributed by atoms with E-state index in [4.69, 9.17) is 9.84 Å². The number of nitrogens with zero attached hydrogens (tertiary/aromatic N) is 3. The maximum Gasteiger partial charge on any atom is 0.319 e. The number of hydrogen-bond acceptors (Lipinski definition) is 7. The second-order valence-corrected chi connectivity index (χ2v) is 5.54. The van der Waals surface area contributed by atoms with Crippen molar-refractivity contribution in [1.82, 2.24) is 19.7 Å². The summed E-state index contributed by atoms with van der Waals surface area (Å²) in [7, 11) is 0. The molecule has 1 atom stereocenters. The lowest BCUT2D eigenvalue weighted by Crippen LogP contribution is -2.18. The Kier molecular flexibility index (Phi) is 4.97. The molecular formula is C12H16N4O4S. The van der Waals surface area contributed by atoms with E-state index in [1.54, 1.807) is 13.8 Å². The van der Waals surface area contributed by atoms with Crippen molar-refractivity contribution in [3.05, 3.63) is 16.6 Å². The van der Waals surface area contributed by atoms with Crippen LogP contribution in [0.5, 0.6) is 0 Å². The summed E-state index contributed by atoms with van der Waals surface area (Å²) in [4.78, 5) is 30.4. The molecule has 0 aliphatic carbocycles. The summed E-state index contributed by atoms with van der Waals surface area (Å²) in [5.74, 6) is -0.367. The average molecular weight is 312 g/mol. The van der Waals surface area contributed by atoms with Crippen LogP contribution in [-0.4, -0.2) is 49.3 Å². The molecule has 0 fully saturated rings. The molecule has 2 aromatic rings. The van der Waals surface area contributed by atoms with E-state index in [1.165, 1.54) is 10.9 Å². The predicted molar refractivity (Wildman–Crippen MR) is 77.2 cm³/mol.